The number of halogens is 1. The lowest BCUT2D eigenvalue weighted by Crippen LogP contribution is -2.19. The van der Waals surface area contributed by atoms with E-state index in [1.165, 1.54) is 10.5 Å². The van der Waals surface area contributed by atoms with Gasteiger partial charge in [0, 0.05) is 10.5 Å². The molecule has 0 radical (unpaired) electrons. The molecule has 0 saturated carbocycles. The SMILES string of the molecule is CCONC1=CCOc2c(C)cc(SBr)c(C)c21. The number of ether oxygens (including phenoxy) is 1. The zero-order chi connectivity index (χ0) is 13.1. The van der Waals surface area contributed by atoms with Crippen LogP contribution in [0.25, 0.3) is 5.70 Å². The van der Waals surface area contributed by atoms with Gasteiger partial charge in [-0.25, -0.2) is 0 Å². The first kappa shape index (κ1) is 13.8. The molecule has 0 saturated heterocycles. The van der Waals surface area contributed by atoms with Crippen LogP contribution in [0.3, 0.4) is 0 Å². The molecule has 0 aliphatic carbocycles. The Morgan fingerprint density at radius 2 is 2.28 bits per heavy atom. The standard InChI is InChI=1S/C13H16BrNO2S/c1-4-17-15-10-5-6-16-13-8(2)7-11(18-14)9(3)12(10)13/h5,7,15H,4,6H2,1-3H3. The fraction of sp³-hybridized carbons (Fsp3) is 0.385. The van der Waals surface area contributed by atoms with Crippen LogP contribution in [-0.4, -0.2) is 13.2 Å². The Morgan fingerprint density at radius 1 is 1.50 bits per heavy atom. The zero-order valence-corrected chi connectivity index (χ0v) is 13.1. The van der Waals surface area contributed by atoms with Gasteiger partial charge in [0.2, 0.25) is 0 Å². The summed E-state index contributed by atoms with van der Waals surface area (Å²) in [6.45, 7) is 7.31. The summed E-state index contributed by atoms with van der Waals surface area (Å²) in [4.78, 5) is 6.50. The van der Waals surface area contributed by atoms with Crippen LogP contribution in [0.2, 0.25) is 0 Å². The summed E-state index contributed by atoms with van der Waals surface area (Å²) >= 11 is 3.45. The molecule has 2 rings (SSSR count). The van der Waals surface area contributed by atoms with Gasteiger partial charge in [-0.2, -0.15) is 0 Å². The Morgan fingerprint density at radius 3 is 2.94 bits per heavy atom. The van der Waals surface area contributed by atoms with E-state index in [2.05, 4.69) is 40.2 Å². The molecule has 98 valence electrons. The fourth-order valence-electron chi connectivity index (χ4n) is 2.00. The second kappa shape index (κ2) is 5.99. The van der Waals surface area contributed by atoms with Crippen LogP contribution in [0, 0.1) is 13.8 Å². The Hall–Kier alpha value is -0.650. The van der Waals surface area contributed by atoms with Crippen molar-refractivity contribution in [2.24, 2.45) is 0 Å². The van der Waals surface area contributed by atoms with Crippen molar-refractivity contribution in [3.8, 4) is 5.75 Å². The summed E-state index contributed by atoms with van der Waals surface area (Å²) in [5, 5.41) is 0. The summed E-state index contributed by atoms with van der Waals surface area (Å²) in [5.41, 5.74) is 7.42. The van der Waals surface area contributed by atoms with Gasteiger partial charge in [0.05, 0.1) is 12.3 Å². The lowest BCUT2D eigenvalue weighted by molar-refractivity contribution is 0.0888. The topological polar surface area (TPSA) is 30.5 Å². The smallest absolute Gasteiger partial charge is 0.132 e. The molecule has 1 aromatic carbocycles. The molecule has 1 aliphatic rings. The van der Waals surface area contributed by atoms with Gasteiger partial charge >= 0.3 is 0 Å². The van der Waals surface area contributed by atoms with E-state index in [0.717, 1.165) is 22.6 Å². The highest BCUT2D eigenvalue weighted by Gasteiger charge is 2.21. The molecular formula is C13H16BrNO2S. The fourth-order valence-corrected chi connectivity index (χ4v) is 3.45. The summed E-state index contributed by atoms with van der Waals surface area (Å²) in [6.07, 6.45) is 2.01. The highest BCUT2D eigenvalue weighted by molar-refractivity contribution is 9.50. The number of aryl methyl sites for hydroxylation is 1. The molecule has 0 unspecified atom stereocenters. The normalized spacial score (nSPS) is 13.7. The minimum Gasteiger partial charge on any atom is -0.488 e. The molecule has 0 atom stereocenters. The van der Waals surface area contributed by atoms with Gasteiger partial charge in [0.1, 0.15) is 12.4 Å². The summed E-state index contributed by atoms with van der Waals surface area (Å²) < 4.78 is 5.75. The molecule has 1 N–H and O–H groups in total. The first-order valence-corrected chi connectivity index (χ1v) is 8.48. The number of benzene rings is 1. The van der Waals surface area contributed by atoms with Crippen LogP contribution in [0.5, 0.6) is 5.75 Å². The summed E-state index contributed by atoms with van der Waals surface area (Å²) in [5.74, 6) is 0.947. The van der Waals surface area contributed by atoms with Crippen LogP contribution in [0.15, 0.2) is 17.0 Å². The van der Waals surface area contributed by atoms with Crippen LogP contribution in [-0.2, 0) is 4.84 Å². The van der Waals surface area contributed by atoms with E-state index in [1.807, 2.05) is 13.0 Å². The highest BCUT2D eigenvalue weighted by Crippen LogP contribution is 2.40. The predicted octanol–water partition coefficient (Wildman–Crippen LogP) is 3.98. The average molecular weight is 330 g/mol. The average Bonchev–Trinajstić information content (AvgIpc) is 2.40. The van der Waals surface area contributed by atoms with E-state index in [-0.39, 0.29) is 0 Å². The highest BCUT2D eigenvalue weighted by atomic mass is 79.9. The van der Waals surface area contributed by atoms with Crippen LogP contribution in [0.4, 0.5) is 0 Å². The molecule has 5 heteroatoms. The lowest BCUT2D eigenvalue weighted by Gasteiger charge is -2.24. The minimum absolute atomic E-state index is 0.573. The van der Waals surface area contributed by atoms with E-state index >= 15 is 0 Å². The molecule has 1 heterocycles. The second-order valence-corrected chi connectivity index (χ2v) is 5.63. The molecular weight excluding hydrogens is 314 g/mol. The molecule has 0 fully saturated rings. The first-order valence-electron chi connectivity index (χ1n) is 5.83. The molecule has 0 amide bonds. The quantitative estimate of drug-likeness (QED) is 0.846. The third-order valence-electron chi connectivity index (χ3n) is 2.87. The van der Waals surface area contributed by atoms with Gasteiger partial charge in [-0.15, -0.1) is 0 Å². The maximum absolute atomic E-state index is 5.75. The monoisotopic (exact) mass is 329 g/mol. The van der Waals surface area contributed by atoms with Crippen molar-refractivity contribution in [3.05, 3.63) is 28.8 Å². The lowest BCUT2D eigenvalue weighted by atomic mass is 9.99. The van der Waals surface area contributed by atoms with Crippen molar-refractivity contribution < 1.29 is 9.57 Å². The van der Waals surface area contributed by atoms with Crippen molar-refractivity contribution in [2.75, 3.05) is 13.2 Å². The Kier molecular flexibility index (Phi) is 4.59. The van der Waals surface area contributed by atoms with E-state index in [1.54, 1.807) is 10.2 Å². The molecule has 0 spiro atoms. The number of fused-ring (bicyclic) bond motifs is 1. The Bertz CT molecular complexity index is 488. The maximum atomic E-state index is 5.75. The van der Waals surface area contributed by atoms with E-state index in [9.17, 15) is 0 Å². The van der Waals surface area contributed by atoms with Crippen molar-refractivity contribution in [2.45, 2.75) is 25.7 Å². The van der Waals surface area contributed by atoms with Crippen molar-refractivity contribution >= 4 is 30.7 Å². The minimum atomic E-state index is 0.573. The van der Waals surface area contributed by atoms with Gasteiger partial charge in [-0.05, 0) is 69.0 Å². The molecule has 0 bridgehead atoms. The molecule has 0 aromatic heterocycles. The number of rotatable bonds is 4. The maximum Gasteiger partial charge on any atom is 0.132 e. The van der Waals surface area contributed by atoms with Gasteiger partial charge in [0.25, 0.3) is 0 Å². The van der Waals surface area contributed by atoms with Crippen LogP contribution in [0.1, 0.15) is 23.6 Å². The third kappa shape index (κ3) is 2.53. The van der Waals surface area contributed by atoms with Crippen LogP contribution >= 0.6 is 25.0 Å². The predicted molar refractivity (Wildman–Crippen MR) is 78.9 cm³/mol. The van der Waals surface area contributed by atoms with E-state index in [0.29, 0.717) is 13.2 Å². The van der Waals surface area contributed by atoms with Gasteiger partial charge in [-0.3, -0.25) is 10.3 Å². The van der Waals surface area contributed by atoms with E-state index in [4.69, 9.17) is 9.57 Å². The van der Waals surface area contributed by atoms with Crippen molar-refractivity contribution in [1.82, 2.24) is 5.48 Å². The zero-order valence-electron chi connectivity index (χ0n) is 10.7. The molecule has 1 aliphatic heterocycles. The van der Waals surface area contributed by atoms with Gasteiger partial charge < -0.3 is 4.74 Å². The summed E-state index contributed by atoms with van der Waals surface area (Å²) in [6, 6.07) is 2.14. The van der Waals surface area contributed by atoms with Gasteiger partial charge in [-0.1, -0.05) is 0 Å². The number of hydroxylamine groups is 1. The van der Waals surface area contributed by atoms with Crippen LogP contribution < -0.4 is 10.2 Å². The molecule has 1 aromatic rings. The van der Waals surface area contributed by atoms with Crippen molar-refractivity contribution in [1.29, 1.82) is 0 Å². The number of hydrogen-bond acceptors (Lipinski definition) is 4. The van der Waals surface area contributed by atoms with E-state index < -0.39 is 0 Å². The Labute approximate surface area is 119 Å². The second-order valence-electron chi connectivity index (χ2n) is 4.06. The van der Waals surface area contributed by atoms with Crippen molar-refractivity contribution in [3.63, 3.8) is 0 Å². The number of hydrogen-bond donors (Lipinski definition) is 1. The summed E-state index contributed by atoms with van der Waals surface area (Å²) in [7, 11) is 1.57. The molecule has 18 heavy (non-hydrogen) atoms. The Balaban J connectivity index is 2.49. The third-order valence-corrected chi connectivity index (χ3v) is 4.51. The number of nitrogens with one attached hydrogen (secondary N) is 1. The molecule has 3 nitrogen and oxygen atoms in total. The van der Waals surface area contributed by atoms with Gasteiger partial charge in [0.15, 0.2) is 0 Å². The largest absolute Gasteiger partial charge is 0.488 e. The first-order chi connectivity index (χ1) is 8.69.